The molecule has 5 heteroatoms. The lowest BCUT2D eigenvalue weighted by Crippen LogP contribution is -2.24. The first-order valence-electron chi connectivity index (χ1n) is 8.02. The zero-order chi connectivity index (χ0) is 16.9. The summed E-state index contributed by atoms with van der Waals surface area (Å²) in [6.07, 6.45) is 1.87. The molecule has 2 aromatic heterocycles. The van der Waals surface area contributed by atoms with E-state index in [9.17, 15) is 9.90 Å². The highest BCUT2D eigenvalue weighted by Gasteiger charge is 2.10. The van der Waals surface area contributed by atoms with E-state index in [0.29, 0.717) is 25.2 Å². The largest absolute Gasteiger partial charge is 0.388 e. The summed E-state index contributed by atoms with van der Waals surface area (Å²) in [5.74, 6) is 0. The summed E-state index contributed by atoms with van der Waals surface area (Å²) in [5, 5.41) is 10.2. The fourth-order valence-electron chi connectivity index (χ4n) is 2.72. The summed E-state index contributed by atoms with van der Waals surface area (Å²) in [6.45, 7) is 1.29. The van der Waals surface area contributed by atoms with Crippen LogP contribution >= 0.6 is 0 Å². The predicted molar refractivity (Wildman–Crippen MR) is 93.8 cm³/mol. The Morgan fingerprint density at radius 2 is 1.92 bits per heavy atom. The molecule has 0 unspecified atom stereocenters. The van der Waals surface area contributed by atoms with Crippen molar-refractivity contribution in [3.63, 3.8) is 0 Å². The summed E-state index contributed by atoms with van der Waals surface area (Å²) in [5.41, 5.74) is 2.24. The topological polar surface area (TPSA) is 57.8 Å². The van der Waals surface area contributed by atoms with Crippen molar-refractivity contribution in [1.82, 2.24) is 14.3 Å². The van der Waals surface area contributed by atoms with Gasteiger partial charge in [-0.15, -0.1) is 0 Å². The number of aliphatic hydroxyl groups is 1. The van der Waals surface area contributed by atoms with E-state index in [-0.39, 0.29) is 5.56 Å². The van der Waals surface area contributed by atoms with E-state index in [1.165, 1.54) is 4.40 Å². The molecule has 0 spiro atoms. The third-order valence-corrected chi connectivity index (χ3v) is 4.02. The minimum atomic E-state index is -0.483. The molecule has 0 saturated carbocycles. The molecule has 2 heterocycles. The van der Waals surface area contributed by atoms with Gasteiger partial charge in [-0.05, 0) is 31.2 Å². The highest BCUT2D eigenvalue weighted by molar-refractivity contribution is 5.37. The molecule has 0 bridgehead atoms. The number of benzene rings is 1. The van der Waals surface area contributed by atoms with Crippen LogP contribution in [0.5, 0.6) is 0 Å². The van der Waals surface area contributed by atoms with E-state index in [2.05, 4.69) is 9.88 Å². The van der Waals surface area contributed by atoms with Crippen molar-refractivity contribution in [2.24, 2.45) is 0 Å². The highest BCUT2D eigenvalue weighted by atomic mass is 16.3. The van der Waals surface area contributed by atoms with Crippen LogP contribution in [-0.4, -0.2) is 33.0 Å². The molecule has 124 valence electrons. The van der Waals surface area contributed by atoms with Crippen molar-refractivity contribution in [3.05, 3.63) is 82.4 Å². The van der Waals surface area contributed by atoms with E-state index in [1.807, 2.05) is 55.6 Å². The number of rotatable bonds is 6. The van der Waals surface area contributed by atoms with Gasteiger partial charge >= 0.3 is 0 Å². The van der Waals surface area contributed by atoms with Crippen LogP contribution in [0.1, 0.15) is 23.8 Å². The molecule has 0 aliphatic rings. The van der Waals surface area contributed by atoms with E-state index in [4.69, 9.17) is 0 Å². The van der Waals surface area contributed by atoms with Crippen molar-refractivity contribution >= 4 is 5.65 Å². The lowest BCUT2D eigenvalue weighted by atomic mass is 10.1. The van der Waals surface area contributed by atoms with Gasteiger partial charge in [-0.1, -0.05) is 36.4 Å². The molecule has 0 aliphatic carbocycles. The first-order chi connectivity index (χ1) is 11.6. The van der Waals surface area contributed by atoms with Gasteiger partial charge in [0, 0.05) is 25.4 Å². The smallest absolute Gasteiger partial charge is 0.258 e. The summed E-state index contributed by atoms with van der Waals surface area (Å²) >= 11 is 0. The molecule has 1 atom stereocenters. The van der Waals surface area contributed by atoms with Crippen LogP contribution in [0, 0.1) is 0 Å². The second-order valence-corrected chi connectivity index (χ2v) is 5.97. The van der Waals surface area contributed by atoms with Gasteiger partial charge < -0.3 is 10.0 Å². The molecule has 5 nitrogen and oxygen atoms in total. The standard InChI is InChI=1S/C19H21N3O2/c1-21(12-10-17(23)15-7-3-2-4-8-15)14-16-13-19(24)22-11-6-5-9-18(22)20-16/h2-9,11,13,17,23H,10,12,14H2,1H3/t17-/m0/s1. The molecule has 1 aromatic carbocycles. The lowest BCUT2D eigenvalue weighted by Gasteiger charge is -2.19. The lowest BCUT2D eigenvalue weighted by molar-refractivity contribution is 0.147. The number of aromatic nitrogens is 2. The molecule has 0 saturated heterocycles. The Hall–Kier alpha value is -2.50. The van der Waals surface area contributed by atoms with Crippen molar-refractivity contribution in [2.75, 3.05) is 13.6 Å². The number of aliphatic hydroxyl groups excluding tert-OH is 1. The summed E-state index contributed by atoms with van der Waals surface area (Å²) in [6, 6.07) is 16.7. The minimum absolute atomic E-state index is 0.0756. The molecule has 0 radical (unpaired) electrons. The van der Waals surface area contributed by atoms with Gasteiger partial charge in [0.15, 0.2) is 0 Å². The molecular formula is C19H21N3O2. The Morgan fingerprint density at radius 1 is 1.17 bits per heavy atom. The fraction of sp³-hybridized carbons (Fsp3) is 0.263. The average molecular weight is 323 g/mol. The normalized spacial score (nSPS) is 12.6. The van der Waals surface area contributed by atoms with Crippen molar-refractivity contribution in [2.45, 2.75) is 19.1 Å². The van der Waals surface area contributed by atoms with Crippen molar-refractivity contribution < 1.29 is 5.11 Å². The van der Waals surface area contributed by atoms with E-state index < -0.39 is 6.10 Å². The summed E-state index contributed by atoms with van der Waals surface area (Å²) < 4.78 is 1.53. The van der Waals surface area contributed by atoms with Crippen LogP contribution in [0.15, 0.2) is 65.6 Å². The van der Waals surface area contributed by atoms with Crippen molar-refractivity contribution in [3.8, 4) is 0 Å². The molecule has 0 fully saturated rings. The summed E-state index contributed by atoms with van der Waals surface area (Å²) in [4.78, 5) is 18.7. The predicted octanol–water partition coefficient (Wildman–Crippen LogP) is 2.25. The van der Waals surface area contributed by atoms with Gasteiger partial charge in [0.05, 0.1) is 11.8 Å². The molecule has 0 aliphatic heterocycles. The second-order valence-electron chi connectivity index (χ2n) is 5.97. The Bertz CT molecular complexity index is 861. The maximum absolute atomic E-state index is 12.1. The van der Waals surface area contributed by atoms with Gasteiger partial charge in [-0.2, -0.15) is 0 Å². The Kier molecular flexibility index (Phi) is 5.03. The monoisotopic (exact) mass is 323 g/mol. The molecule has 0 amide bonds. The number of nitrogens with zero attached hydrogens (tertiary/aromatic N) is 3. The van der Waals surface area contributed by atoms with Crippen molar-refractivity contribution in [1.29, 1.82) is 0 Å². The Balaban J connectivity index is 1.63. The SMILES string of the molecule is CN(CC[C@H](O)c1ccccc1)Cc1cc(=O)n2ccccc2n1. The number of fused-ring (bicyclic) bond motifs is 1. The first-order valence-corrected chi connectivity index (χ1v) is 8.02. The van der Waals surface area contributed by atoms with Crippen LogP contribution in [-0.2, 0) is 6.54 Å². The third kappa shape index (κ3) is 3.88. The van der Waals surface area contributed by atoms with Gasteiger partial charge in [0.2, 0.25) is 0 Å². The first kappa shape index (κ1) is 16.4. The molecular weight excluding hydrogens is 302 g/mol. The molecule has 24 heavy (non-hydrogen) atoms. The maximum Gasteiger partial charge on any atom is 0.258 e. The average Bonchev–Trinajstić information content (AvgIpc) is 2.60. The van der Waals surface area contributed by atoms with Gasteiger partial charge in [0.25, 0.3) is 5.56 Å². The van der Waals surface area contributed by atoms with Gasteiger partial charge in [-0.25, -0.2) is 4.98 Å². The molecule has 3 aromatic rings. The third-order valence-electron chi connectivity index (χ3n) is 4.02. The van der Waals surface area contributed by atoms with Crippen LogP contribution in [0.25, 0.3) is 5.65 Å². The number of hydrogen-bond acceptors (Lipinski definition) is 4. The number of pyridine rings is 1. The van der Waals surface area contributed by atoms with Gasteiger partial charge in [0.1, 0.15) is 5.65 Å². The maximum atomic E-state index is 12.1. The van der Waals surface area contributed by atoms with Crippen LogP contribution in [0.2, 0.25) is 0 Å². The summed E-state index contributed by atoms with van der Waals surface area (Å²) in [7, 11) is 1.96. The second kappa shape index (κ2) is 7.38. The van der Waals surface area contributed by atoms with Gasteiger partial charge in [-0.3, -0.25) is 9.20 Å². The van der Waals surface area contributed by atoms with Crippen LogP contribution in [0.4, 0.5) is 0 Å². The van der Waals surface area contributed by atoms with E-state index >= 15 is 0 Å². The molecule has 3 rings (SSSR count). The van der Waals surface area contributed by atoms with Crippen LogP contribution < -0.4 is 5.56 Å². The Morgan fingerprint density at radius 3 is 2.71 bits per heavy atom. The Labute approximate surface area is 140 Å². The molecule has 1 N–H and O–H groups in total. The van der Waals surface area contributed by atoms with E-state index in [1.54, 1.807) is 12.3 Å². The quantitative estimate of drug-likeness (QED) is 0.756. The zero-order valence-corrected chi connectivity index (χ0v) is 13.7. The zero-order valence-electron chi connectivity index (χ0n) is 13.7. The minimum Gasteiger partial charge on any atom is -0.388 e. The fourth-order valence-corrected chi connectivity index (χ4v) is 2.72. The van der Waals surface area contributed by atoms with E-state index in [0.717, 1.165) is 11.3 Å². The number of hydrogen-bond donors (Lipinski definition) is 1. The highest BCUT2D eigenvalue weighted by Crippen LogP contribution is 2.16. The van der Waals surface area contributed by atoms with Crippen LogP contribution in [0.3, 0.4) is 0 Å².